The van der Waals surface area contributed by atoms with E-state index >= 15 is 0 Å². The van der Waals surface area contributed by atoms with E-state index in [1.807, 2.05) is 6.07 Å². The van der Waals surface area contributed by atoms with E-state index in [4.69, 9.17) is 4.42 Å². The van der Waals surface area contributed by atoms with Crippen molar-refractivity contribution in [1.82, 2.24) is 0 Å². The second-order valence-electron chi connectivity index (χ2n) is 14.5. The molecule has 0 aliphatic heterocycles. The van der Waals surface area contributed by atoms with Crippen LogP contribution < -0.4 is 4.90 Å². The fraction of sp³-hybridized carbons (Fsp3) is 0. The average molecular weight is 714 g/mol. The molecule has 0 radical (unpaired) electrons. The number of benzene rings is 10. The minimum atomic E-state index is 0.894. The molecule has 0 aliphatic rings. The molecule has 0 amide bonds. The normalized spacial score (nSPS) is 11.6. The lowest BCUT2D eigenvalue weighted by molar-refractivity contribution is 0.672. The van der Waals surface area contributed by atoms with E-state index < -0.39 is 0 Å². The Labute approximate surface area is 325 Å². The molecule has 0 fully saturated rings. The SMILES string of the molecule is c1ccc(-c2ccc(N(c3cccc(-c4ccc(-c5cc6ccccc6c6ccccc56)cc4)c3)c3cc4c5ccccc5oc4c4ccccc34)cc2)cc1. The molecule has 0 bridgehead atoms. The molecule has 10 aromatic carbocycles. The predicted molar refractivity (Wildman–Crippen MR) is 237 cm³/mol. The van der Waals surface area contributed by atoms with Gasteiger partial charge in [-0.3, -0.25) is 0 Å². The first-order chi connectivity index (χ1) is 27.8. The van der Waals surface area contributed by atoms with Crippen molar-refractivity contribution in [2.24, 2.45) is 0 Å². The van der Waals surface area contributed by atoms with Gasteiger partial charge in [0.25, 0.3) is 0 Å². The van der Waals surface area contributed by atoms with Crippen molar-refractivity contribution >= 4 is 71.3 Å². The molecule has 1 aromatic heterocycles. The van der Waals surface area contributed by atoms with Gasteiger partial charge in [-0.05, 0) is 97.4 Å². The molecule has 2 nitrogen and oxygen atoms in total. The number of anilines is 3. The molecule has 0 unspecified atom stereocenters. The maximum absolute atomic E-state index is 6.52. The number of para-hydroxylation sites is 1. The molecule has 262 valence electrons. The van der Waals surface area contributed by atoms with Crippen molar-refractivity contribution in [2.75, 3.05) is 4.90 Å². The Morgan fingerprint density at radius 1 is 0.304 bits per heavy atom. The van der Waals surface area contributed by atoms with Crippen molar-refractivity contribution in [2.45, 2.75) is 0 Å². The molecule has 0 aliphatic carbocycles. The first-order valence-electron chi connectivity index (χ1n) is 19.2. The molecule has 2 heteroatoms. The highest BCUT2D eigenvalue weighted by Crippen LogP contribution is 2.45. The van der Waals surface area contributed by atoms with Crippen molar-refractivity contribution in [3.05, 3.63) is 212 Å². The second kappa shape index (κ2) is 13.2. The number of nitrogens with zero attached hydrogens (tertiary/aromatic N) is 1. The summed E-state index contributed by atoms with van der Waals surface area (Å²) in [6, 6.07) is 76.5. The highest BCUT2D eigenvalue weighted by Gasteiger charge is 2.21. The van der Waals surface area contributed by atoms with Crippen LogP contribution in [0.25, 0.3) is 87.6 Å². The van der Waals surface area contributed by atoms with Crippen molar-refractivity contribution in [3.8, 4) is 33.4 Å². The van der Waals surface area contributed by atoms with Gasteiger partial charge in [0, 0.05) is 32.9 Å². The fourth-order valence-electron chi connectivity index (χ4n) is 8.53. The molecular formula is C54H35NO. The van der Waals surface area contributed by atoms with Gasteiger partial charge in [0.05, 0.1) is 5.69 Å². The van der Waals surface area contributed by atoms with Gasteiger partial charge in [-0.25, -0.2) is 0 Å². The number of rotatable bonds is 6. The van der Waals surface area contributed by atoms with Crippen LogP contribution in [0.3, 0.4) is 0 Å². The maximum Gasteiger partial charge on any atom is 0.143 e. The van der Waals surface area contributed by atoms with Crippen molar-refractivity contribution in [1.29, 1.82) is 0 Å². The predicted octanol–water partition coefficient (Wildman–Crippen LogP) is 15.5. The lowest BCUT2D eigenvalue weighted by Crippen LogP contribution is -2.10. The van der Waals surface area contributed by atoms with Crippen LogP contribution in [0.4, 0.5) is 17.1 Å². The molecule has 0 atom stereocenters. The molecule has 11 aromatic rings. The molecule has 11 rings (SSSR count). The summed E-state index contributed by atoms with van der Waals surface area (Å²) in [6.45, 7) is 0. The third-order valence-electron chi connectivity index (χ3n) is 11.2. The van der Waals surface area contributed by atoms with E-state index in [1.54, 1.807) is 0 Å². The van der Waals surface area contributed by atoms with Crippen molar-refractivity contribution in [3.63, 3.8) is 0 Å². The molecule has 0 N–H and O–H groups in total. The number of hydrogen-bond acceptors (Lipinski definition) is 2. The monoisotopic (exact) mass is 713 g/mol. The zero-order valence-electron chi connectivity index (χ0n) is 30.6. The van der Waals surface area contributed by atoms with Gasteiger partial charge >= 0.3 is 0 Å². The zero-order chi connectivity index (χ0) is 37.0. The van der Waals surface area contributed by atoms with E-state index in [9.17, 15) is 0 Å². The zero-order valence-corrected chi connectivity index (χ0v) is 30.6. The van der Waals surface area contributed by atoms with E-state index in [0.29, 0.717) is 0 Å². The topological polar surface area (TPSA) is 16.4 Å². The van der Waals surface area contributed by atoms with Gasteiger partial charge in [0.15, 0.2) is 0 Å². The third-order valence-corrected chi connectivity index (χ3v) is 11.2. The summed E-state index contributed by atoms with van der Waals surface area (Å²) in [7, 11) is 0. The Hall–Kier alpha value is -7.42. The summed E-state index contributed by atoms with van der Waals surface area (Å²) in [4.78, 5) is 2.40. The molecule has 1 heterocycles. The summed E-state index contributed by atoms with van der Waals surface area (Å²) in [5, 5.41) is 9.53. The van der Waals surface area contributed by atoms with Gasteiger partial charge in [-0.2, -0.15) is 0 Å². The van der Waals surface area contributed by atoms with Gasteiger partial charge in [-0.15, -0.1) is 0 Å². The van der Waals surface area contributed by atoms with Crippen LogP contribution >= 0.6 is 0 Å². The molecule has 0 saturated carbocycles. The van der Waals surface area contributed by atoms with Gasteiger partial charge in [-0.1, -0.05) is 170 Å². The van der Waals surface area contributed by atoms with Crippen LogP contribution in [0.15, 0.2) is 217 Å². The first kappa shape index (κ1) is 32.0. The minimum absolute atomic E-state index is 0.894. The van der Waals surface area contributed by atoms with E-state index in [2.05, 4.69) is 211 Å². The van der Waals surface area contributed by atoms with Crippen molar-refractivity contribution < 1.29 is 4.42 Å². The lowest BCUT2D eigenvalue weighted by Gasteiger charge is -2.28. The smallest absolute Gasteiger partial charge is 0.143 e. The number of furan rings is 1. The Kier molecular flexibility index (Phi) is 7.53. The van der Waals surface area contributed by atoms with Crippen LogP contribution in [0.1, 0.15) is 0 Å². The number of fused-ring (bicyclic) bond motifs is 8. The molecular weight excluding hydrogens is 679 g/mol. The van der Waals surface area contributed by atoms with Gasteiger partial charge < -0.3 is 9.32 Å². The highest BCUT2D eigenvalue weighted by molar-refractivity contribution is 6.20. The summed E-state index contributed by atoms with van der Waals surface area (Å²) in [5.41, 5.74) is 12.2. The lowest BCUT2D eigenvalue weighted by atomic mass is 9.92. The van der Waals surface area contributed by atoms with Crippen LogP contribution in [0, 0.1) is 0 Å². The first-order valence-corrected chi connectivity index (χ1v) is 19.2. The Morgan fingerprint density at radius 3 is 1.68 bits per heavy atom. The van der Waals surface area contributed by atoms with Gasteiger partial charge in [0.2, 0.25) is 0 Å². The maximum atomic E-state index is 6.52. The number of hydrogen-bond donors (Lipinski definition) is 0. The summed E-state index contributed by atoms with van der Waals surface area (Å²) >= 11 is 0. The Balaban J connectivity index is 1.06. The second-order valence-corrected chi connectivity index (χ2v) is 14.5. The highest BCUT2D eigenvalue weighted by atomic mass is 16.3. The largest absolute Gasteiger partial charge is 0.455 e. The standard InChI is InChI=1S/C54H35NO/c1-2-13-36(14-3-1)37-29-31-42(32-30-37)55(52-35-51-48-22-10-11-24-53(48)56-54(51)49-23-9-8-21-47(49)52)43-17-12-16-40(33-43)38-25-27-39(28-26-38)50-34-41-15-4-5-18-44(41)45-19-6-7-20-46(45)50/h1-35H. The minimum Gasteiger partial charge on any atom is -0.455 e. The Bertz CT molecular complexity index is 3230. The van der Waals surface area contributed by atoms with E-state index in [-0.39, 0.29) is 0 Å². The van der Waals surface area contributed by atoms with Crippen LogP contribution in [0.5, 0.6) is 0 Å². The third kappa shape index (κ3) is 5.34. The van der Waals surface area contributed by atoms with E-state index in [0.717, 1.165) is 55.3 Å². The van der Waals surface area contributed by atoms with Crippen LogP contribution in [0.2, 0.25) is 0 Å². The van der Waals surface area contributed by atoms with Crippen LogP contribution in [-0.4, -0.2) is 0 Å². The molecule has 0 spiro atoms. The molecule has 0 saturated heterocycles. The fourth-order valence-corrected chi connectivity index (χ4v) is 8.53. The summed E-state index contributed by atoms with van der Waals surface area (Å²) in [6.07, 6.45) is 0. The Morgan fingerprint density at radius 2 is 0.875 bits per heavy atom. The molecule has 56 heavy (non-hydrogen) atoms. The summed E-state index contributed by atoms with van der Waals surface area (Å²) < 4.78 is 6.52. The van der Waals surface area contributed by atoms with Gasteiger partial charge in [0.1, 0.15) is 11.2 Å². The average Bonchev–Trinajstić information content (AvgIpc) is 3.66. The van der Waals surface area contributed by atoms with E-state index in [1.165, 1.54) is 49.4 Å². The quantitative estimate of drug-likeness (QED) is 0.160. The summed E-state index contributed by atoms with van der Waals surface area (Å²) in [5.74, 6) is 0. The van der Waals surface area contributed by atoms with Crippen LogP contribution in [-0.2, 0) is 0 Å².